The van der Waals surface area contributed by atoms with Crippen molar-refractivity contribution in [1.29, 1.82) is 0 Å². The number of primary amides is 2. The lowest BCUT2D eigenvalue weighted by Crippen LogP contribution is -2.58. The van der Waals surface area contributed by atoms with Gasteiger partial charge in [0.1, 0.15) is 18.1 Å². The lowest BCUT2D eigenvalue weighted by atomic mass is 10.0. The molecule has 5 amide bonds. The number of aliphatic carboxylic acids is 1. The van der Waals surface area contributed by atoms with Crippen molar-refractivity contribution in [2.45, 2.75) is 63.7 Å². The number of carboxylic acid groups (broad SMARTS) is 1. The second-order valence-corrected chi connectivity index (χ2v) is 7.62. The second kappa shape index (κ2) is 13.9. The van der Waals surface area contributed by atoms with Crippen molar-refractivity contribution in [3.63, 3.8) is 0 Å². The molecule has 0 saturated carbocycles. The molecule has 0 aliphatic rings. The fraction of sp³-hybridized carbons (Fsp3) is 0.667. The van der Waals surface area contributed by atoms with Gasteiger partial charge in [-0.2, -0.15) is 0 Å². The summed E-state index contributed by atoms with van der Waals surface area (Å²) in [4.78, 5) is 70.8. The summed E-state index contributed by atoms with van der Waals surface area (Å²) in [6.07, 6.45) is -0.960. The number of rotatable bonds is 15. The lowest BCUT2D eigenvalue weighted by Gasteiger charge is -2.24. The van der Waals surface area contributed by atoms with Gasteiger partial charge in [-0.05, 0) is 18.8 Å². The number of carbonyl (C=O) groups is 6. The molecule has 32 heavy (non-hydrogen) atoms. The van der Waals surface area contributed by atoms with Gasteiger partial charge >= 0.3 is 5.97 Å². The van der Waals surface area contributed by atoms with Crippen molar-refractivity contribution in [1.82, 2.24) is 16.0 Å². The van der Waals surface area contributed by atoms with Crippen LogP contribution >= 0.6 is 0 Å². The predicted molar refractivity (Wildman–Crippen MR) is 110 cm³/mol. The molecule has 0 aliphatic carbocycles. The molecule has 0 heterocycles. The van der Waals surface area contributed by atoms with Crippen LogP contribution in [0.4, 0.5) is 0 Å². The summed E-state index contributed by atoms with van der Waals surface area (Å²) >= 11 is 0. The summed E-state index contributed by atoms with van der Waals surface area (Å²) in [6, 6.07) is -5.56. The second-order valence-electron chi connectivity index (χ2n) is 7.62. The van der Waals surface area contributed by atoms with Gasteiger partial charge in [0.15, 0.2) is 0 Å². The third-order valence-electron chi connectivity index (χ3n) is 4.21. The van der Waals surface area contributed by atoms with Crippen LogP contribution in [-0.4, -0.2) is 76.5 Å². The number of carboxylic acids is 1. The Labute approximate surface area is 184 Å². The molecule has 11 N–H and O–H groups in total. The fourth-order valence-corrected chi connectivity index (χ4v) is 2.59. The van der Waals surface area contributed by atoms with Gasteiger partial charge in [0.05, 0.1) is 19.1 Å². The van der Waals surface area contributed by atoms with E-state index in [1.165, 1.54) is 0 Å². The molecule has 14 nitrogen and oxygen atoms in total. The van der Waals surface area contributed by atoms with Gasteiger partial charge in [0.2, 0.25) is 29.5 Å². The van der Waals surface area contributed by atoms with E-state index in [1.807, 2.05) is 19.2 Å². The van der Waals surface area contributed by atoms with Gasteiger partial charge in [-0.25, -0.2) is 4.79 Å². The Bertz CT molecular complexity index is 714. The maximum Gasteiger partial charge on any atom is 0.328 e. The Morgan fingerprint density at radius 1 is 0.812 bits per heavy atom. The van der Waals surface area contributed by atoms with Crippen LogP contribution in [0, 0.1) is 5.92 Å². The largest absolute Gasteiger partial charge is 0.480 e. The maximum absolute atomic E-state index is 12.7. The third-order valence-corrected chi connectivity index (χ3v) is 4.21. The van der Waals surface area contributed by atoms with E-state index in [0.29, 0.717) is 6.42 Å². The monoisotopic (exact) mass is 460 g/mol. The van der Waals surface area contributed by atoms with E-state index in [0.717, 1.165) is 0 Å². The Hall–Kier alpha value is -3.26. The molecule has 0 rings (SSSR count). The zero-order valence-electron chi connectivity index (χ0n) is 18.0. The van der Waals surface area contributed by atoms with Crippen LogP contribution < -0.4 is 33.2 Å². The summed E-state index contributed by atoms with van der Waals surface area (Å²) in [5.74, 6) is -5.91. The first-order valence-electron chi connectivity index (χ1n) is 9.85. The Kier molecular flexibility index (Phi) is 12.5. The number of amides is 5. The molecule has 14 heteroatoms. The number of nitrogens with one attached hydrogen (secondary N) is 3. The molecule has 0 bridgehead atoms. The molecule has 0 fully saturated rings. The molecule has 0 spiro atoms. The van der Waals surface area contributed by atoms with Gasteiger partial charge in [0, 0.05) is 6.42 Å². The van der Waals surface area contributed by atoms with Gasteiger partial charge in [-0.1, -0.05) is 13.8 Å². The van der Waals surface area contributed by atoms with Crippen molar-refractivity contribution in [2.24, 2.45) is 23.1 Å². The Morgan fingerprint density at radius 2 is 1.31 bits per heavy atom. The Morgan fingerprint density at radius 3 is 1.75 bits per heavy atom. The molecule has 0 aliphatic heterocycles. The molecule has 4 atom stereocenters. The van der Waals surface area contributed by atoms with Crippen molar-refractivity contribution in [3.8, 4) is 0 Å². The van der Waals surface area contributed by atoms with Crippen LogP contribution in [0.25, 0.3) is 0 Å². The molecule has 4 unspecified atom stereocenters. The SMILES string of the molecule is CC(C)CC(N)C(=O)NC(CC(N)=O)C(=O)NC(CCC(N)=O)C(=O)NC(CO)C(=O)O. The minimum atomic E-state index is -1.66. The average molecular weight is 460 g/mol. The van der Waals surface area contributed by atoms with Crippen LogP contribution in [-0.2, 0) is 28.8 Å². The number of aliphatic hydroxyl groups excluding tert-OH is 1. The van der Waals surface area contributed by atoms with Crippen molar-refractivity contribution in [2.75, 3.05) is 6.61 Å². The normalized spacial score (nSPS) is 14.5. The van der Waals surface area contributed by atoms with E-state index >= 15 is 0 Å². The molecule has 0 aromatic carbocycles. The number of aliphatic hydroxyl groups is 1. The first-order chi connectivity index (χ1) is 14.8. The zero-order valence-corrected chi connectivity index (χ0v) is 18.0. The van der Waals surface area contributed by atoms with Gasteiger partial charge in [-0.15, -0.1) is 0 Å². The van der Waals surface area contributed by atoms with Crippen molar-refractivity contribution in [3.05, 3.63) is 0 Å². The van der Waals surface area contributed by atoms with E-state index in [4.69, 9.17) is 27.4 Å². The average Bonchev–Trinajstić information content (AvgIpc) is 2.66. The van der Waals surface area contributed by atoms with Crippen LogP contribution in [0.2, 0.25) is 0 Å². The zero-order chi connectivity index (χ0) is 25.0. The quantitative estimate of drug-likeness (QED) is 0.118. The molecule has 0 saturated heterocycles. The number of nitrogens with two attached hydrogens (primary N) is 3. The van der Waals surface area contributed by atoms with E-state index < -0.39 is 72.7 Å². The highest BCUT2D eigenvalue weighted by Gasteiger charge is 2.31. The maximum atomic E-state index is 12.7. The summed E-state index contributed by atoms with van der Waals surface area (Å²) < 4.78 is 0. The molecule has 0 aromatic rings. The standard InChI is InChI=1S/C18H32N6O8/c1-8(2)5-9(19)15(28)23-11(6-14(21)27)17(30)22-10(3-4-13(20)26)16(29)24-12(7-25)18(31)32/h8-12,25H,3-7,19H2,1-2H3,(H2,20,26)(H2,21,27)(H,22,30)(H,23,28)(H,24,29)(H,31,32). The van der Waals surface area contributed by atoms with Gasteiger partial charge in [-0.3, -0.25) is 24.0 Å². The number of hydrogen-bond acceptors (Lipinski definition) is 8. The summed E-state index contributed by atoms with van der Waals surface area (Å²) in [5, 5.41) is 24.6. The minimum Gasteiger partial charge on any atom is -0.480 e. The van der Waals surface area contributed by atoms with Crippen LogP contribution in [0.1, 0.15) is 39.5 Å². The molecule has 0 aromatic heterocycles. The highest BCUT2D eigenvalue weighted by atomic mass is 16.4. The summed E-state index contributed by atoms with van der Waals surface area (Å²) in [7, 11) is 0. The molecular formula is C18H32N6O8. The van der Waals surface area contributed by atoms with Crippen molar-refractivity contribution < 1.29 is 39.0 Å². The highest BCUT2D eigenvalue weighted by molar-refractivity contribution is 5.96. The number of carbonyl (C=O) groups excluding carboxylic acids is 5. The van der Waals surface area contributed by atoms with Crippen molar-refractivity contribution >= 4 is 35.5 Å². The summed E-state index contributed by atoms with van der Waals surface area (Å²) in [5.41, 5.74) is 16.0. The Balaban J connectivity index is 5.49. The van der Waals surface area contributed by atoms with Crippen LogP contribution in [0.5, 0.6) is 0 Å². The summed E-state index contributed by atoms with van der Waals surface area (Å²) in [6.45, 7) is 2.74. The van der Waals surface area contributed by atoms with E-state index in [-0.39, 0.29) is 18.8 Å². The molecule has 0 radical (unpaired) electrons. The van der Waals surface area contributed by atoms with Crippen LogP contribution in [0.15, 0.2) is 0 Å². The third kappa shape index (κ3) is 11.2. The number of hydrogen-bond donors (Lipinski definition) is 8. The molecular weight excluding hydrogens is 428 g/mol. The van der Waals surface area contributed by atoms with Gasteiger partial charge < -0.3 is 43.4 Å². The molecule has 182 valence electrons. The predicted octanol–water partition coefficient (Wildman–Crippen LogP) is -3.97. The minimum absolute atomic E-state index is 0.0785. The first-order valence-corrected chi connectivity index (χ1v) is 9.85. The van der Waals surface area contributed by atoms with Gasteiger partial charge in [0.25, 0.3) is 0 Å². The first kappa shape index (κ1) is 28.7. The fourth-order valence-electron chi connectivity index (χ4n) is 2.59. The topological polar surface area (TPSA) is 257 Å². The van der Waals surface area contributed by atoms with Crippen LogP contribution in [0.3, 0.4) is 0 Å². The van der Waals surface area contributed by atoms with E-state index in [9.17, 15) is 28.8 Å². The highest BCUT2D eigenvalue weighted by Crippen LogP contribution is 2.05. The van der Waals surface area contributed by atoms with E-state index in [1.54, 1.807) is 0 Å². The lowest BCUT2D eigenvalue weighted by molar-refractivity contribution is -0.143. The smallest absolute Gasteiger partial charge is 0.328 e. The van der Waals surface area contributed by atoms with E-state index in [2.05, 4.69) is 10.6 Å².